The Morgan fingerprint density at radius 2 is 1.33 bits per heavy atom. The number of halogens is 1. The molecule has 154 valence electrons. The van der Waals surface area contributed by atoms with E-state index in [9.17, 15) is 24.2 Å². The maximum Gasteiger partial charge on any atom is 0.262 e. The summed E-state index contributed by atoms with van der Waals surface area (Å²) in [6, 6.07) is 5.21. The van der Waals surface area contributed by atoms with Crippen LogP contribution in [0.3, 0.4) is 0 Å². The number of thioether (sulfide) groups is 2. The van der Waals surface area contributed by atoms with Gasteiger partial charge in [-0.2, -0.15) is 9.97 Å². The third kappa shape index (κ3) is 2.91. The van der Waals surface area contributed by atoms with Gasteiger partial charge in [-0.15, -0.1) is 0 Å². The predicted octanol–water partition coefficient (Wildman–Crippen LogP) is 1.74. The smallest absolute Gasteiger partial charge is 0.262 e. The maximum atomic E-state index is 13.6. The van der Waals surface area contributed by atoms with Gasteiger partial charge in [0.1, 0.15) is 5.82 Å². The van der Waals surface area contributed by atoms with Crippen LogP contribution in [-0.2, 0) is 13.1 Å². The Balaban J connectivity index is 1.83. The Kier molecular flexibility index (Phi) is 4.58. The molecule has 2 N–H and O–H groups in total. The first kappa shape index (κ1) is 19.2. The van der Waals surface area contributed by atoms with Crippen molar-refractivity contribution in [1.29, 1.82) is 0 Å². The van der Waals surface area contributed by atoms with E-state index in [2.05, 4.69) is 9.97 Å². The fourth-order valence-electron chi connectivity index (χ4n) is 3.79. The molecule has 0 saturated heterocycles. The van der Waals surface area contributed by atoms with Gasteiger partial charge in [0.05, 0.1) is 17.0 Å². The summed E-state index contributed by atoms with van der Waals surface area (Å²) in [7, 11) is 0. The lowest BCUT2D eigenvalue weighted by atomic mass is 9.86. The van der Waals surface area contributed by atoms with Crippen LogP contribution in [0.15, 0.2) is 44.2 Å². The molecular weight excluding hydrogens is 431 g/mol. The highest BCUT2D eigenvalue weighted by Gasteiger charge is 2.34. The van der Waals surface area contributed by atoms with Crippen molar-refractivity contribution in [3.63, 3.8) is 0 Å². The molecule has 11 heteroatoms. The Morgan fingerprint density at radius 3 is 1.80 bits per heavy atom. The molecule has 5 rings (SSSR count). The van der Waals surface area contributed by atoms with E-state index >= 15 is 0 Å². The number of aromatic hydroxyl groups is 2. The van der Waals surface area contributed by atoms with Crippen molar-refractivity contribution in [3.8, 4) is 11.8 Å². The zero-order valence-corrected chi connectivity index (χ0v) is 17.0. The normalized spacial score (nSPS) is 14.9. The Hall–Kier alpha value is -2.79. The summed E-state index contributed by atoms with van der Waals surface area (Å²) < 4.78 is 16.4. The number of hydrogen-bond donors (Lipinski definition) is 2. The van der Waals surface area contributed by atoms with Crippen molar-refractivity contribution in [3.05, 3.63) is 67.5 Å². The molecule has 0 amide bonds. The van der Waals surface area contributed by atoms with Crippen molar-refractivity contribution in [1.82, 2.24) is 19.1 Å². The van der Waals surface area contributed by atoms with E-state index in [4.69, 9.17) is 0 Å². The van der Waals surface area contributed by atoms with Crippen LogP contribution < -0.4 is 11.1 Å². The lowest BCUT2D eigenvalue weighted by Crippen LogP contribution is -2.32. The first-order valence-electron chi connectivity index (χ1n) is 9.14. The zero-order chi connectivity index (χ0) is 21.0. The van der Waals surface area contributed by atoms with E-state index in [1.165, 1.54) is 56.9 Å². The quantitative estimate of drug-likeness (QED) is 0.586. The van der Waals surface area contributed by atoms with Crippen LogP contribution in [0.4, 0.5) is 4.39 Å². The molecule has 0 atom stereocenters. The molecule has 2 aliphatic heterocycles. The van der Waals surface area contributed by atoms with Gasteiger partial charge < -0.3 is 10.2 Å². The van der Waals surface area contributed by atoms with Crippen LogP contribution in [-0.4, -0.2) is 40.8 Å². The van der Waals surface area contributed by atoms with Gasteiger partial charge in [-0.3, -0.25) is 18.7 Å². The van der Waals surface area contributed by atoms with Crippen LogP contribution >= 0.6 is 23.5 Å². The molecule has 0 bridgehead atoms. The summed E-state index contributed by atoms with van der Waals surface area (Å²) in [6.07, 6.45) is 0. The molecule has 0 unspecified atom stereocenters. The van der Waals surface area contributed by atoms with Crippen LogP contribution in [0.2, 0.25) is 0 Å². The fourth-order valence-corrected chi connectivity index (χ4v) is 5.66. The van der Waals surface area contributed by atoms with Crippen molar-refractivity contribution >= 4 is 23.5 Å². The minimum atomic E-state index is -1.16. The van der Waals surface area contributed by atoms with Crippen molar-refractivity contribution in [2.75, 3.05) is 11.5 Å². The molecule has 3 aromatic rings. The second-order valence-corrected chi connectivity index (χ2v) is 8.98. The molecule has 0 radical (unpaired) electrons. The molecular formula is C19H15FN4O4S2. The summed E-state index contributed by atoms with van der Waals surface area (Å²) in [4.78, 5) is 34.8. The maximum absolute atomic E-state index is 13.6. The van der Waals surface area contributed by atoms with Gasteiger partial charge in [0.2, 0.25) is 11.8 Å². The van der Waals surface area contributed by atoms with E-state index in [-0.39, 0.29) is 11.1 Å². The van der Waals surface area contributed by atoms with Crippen LogP contribution in [0.5, 0.6) is 11.8 Å². The average Bonchev–Trinajstić information content (AvgIpc) is 3.37. The van der Waals surface area contributed by atoms with E-state index in [0.717, 1.165) is 0 Å². The summed E-state index contributed by atoms with van der Waals surface area (Å²) in [5.41, 5.74) is -0.940. The molecule has 8 nitrogen and oxygen atoms in total. The van der Waals surface area contributed by atoms with E-state index in [0.29, 0.717) is 40.5 Å². The van der Waals surface area contributed by atoms with Gasteiger partial charge in [-0.1, -0.05) is 35.7 Å². The average molecular weight is 446 g/mol. The van der Waals surface area contributed by atoms with Crippen molar-refractivity contribution in [2.45, 2.75) is 29.3 Å². The number of fused-ring (bicyclic) bond motifs is 2. The van der Waals surface area contributed by atoms with E-state index in [1.807, 2.05) is 0 Å². The number of aromatic nitrogens is 4. The van der Waals surface area contributed by atoms with Gasteiger partial charge in [0.15, 0.2) is 10.3 Å². The van der Waals surface area contributed by atoms with Crippen LogP contribution in [0, 0.1) is 5.82 Å². The number of benzene rings is 1. The minimum Gasteiger partial charge on any atom is -0.493 e. The Bertz CT molecular complexity index is 1210. The Labute approximate surface area is 177 Å². The van der Waals surface area contributed by atoms with Crippen molar-refractivity contribution < 1.29 is 14.6 Å². The summed E-state index contributed by atoms with van der Waals surface area (Å²) in [6.45, 7) is 0.832. The molecule has 1 aromatic carbocycles. The molecule has 2 aromatic heterocycles. The van der Waals surface area contributed by atoms with Gasteiger partial charge >= 0.3 is 0 Å². The minimum absolute atomic E-state index is 0.145. The third-order valence-corrected chi connectivity index (χ3v) is 7.08. The first-order valence-corrected chi connectivity index (χ1v) is 11.1. The van der Waals surface area contributed by atoms with Gasteiger partial charge in [-0.05, 0) is 17.7 Å². The second kappa shape index (κ2) is 7.17. The van der Waals surface area contributed by atoms with Crippen LogP contribution in [0.25, 0.3) is 0 Å². The monoisotopic (exact) mass is 446 g/mol. The molecule has 0 saturated carbocycles. The largest absolute Gasteiger partial charge is 0.493 e. The number of rotatable bonds is 3. The van der Waals surface area contributed by atoms with E-state index in [1.54, 1.807) is 0 Å². The van der Waals surface area contributed by atoms with Crippen LogP contribution in [0.1, 0.15) is 22.6 Å². The third-order valence-electron chi connectivity index (χ3n) is 5.17. The lowest BCUT2D eigenvalue weighted by Gasteiger charge is -2.20. The Morgan fingerprint density at radius 1 is 0.867 bits per heavy atom. The standard InChI is InChI=1S/C19H15FN4O4S2/c20-10-3-1-9(2-4-10)11(12-14(25)21-18-23(16(12)27)5-7-29-18)13-15(26)22-19-24(17(13)28)6-8-30-19/h1-4,11,25-26H,5-8H2. The summed E-state index contributed by atoms with van der Waals surface area (Å²) in [5, 5.41) is 22.1. The van der Waals surface area contributed by atoms with Gasteiger partial charge in [0, 0.05) is 24.6 Å². The van der Waals surface area contributed by atoms with Gasteiger partial charge in [-0.25, -0.2) is 4.39 Å². The summed E-state index contributed by atoms with van der Waals surface area (Å²) >= 11 is 2.69. The SMILES string of the molecule is O=c1c(C(c2ccc(F)cc2)c2c(O)nc3n(c2=O)CCS3)c(O)nc2n1CCS2. The first-order chi connectivity index (χ1) is 14.5. The number of nitrogens with zero attached hydrogens (tertiary/aromatic N) is 4. The second-order valence-electron chi connectivity index (χ2n) is 6.86. The zero-order valence-electron chi connectivity index (χ0n) is 15.4. The molecule has 2 aliphatic rings. The molecule has 0 spiro atoms. The molecule has 0 fully saturated rings. The predicted molar refractivity (Wildman–Crippen MR) is 109 cm³/mol. The molecule has 4 heterocycles. The van der Waals surface area contributed by atoms with Crippen molar-refractivity contribution in [2.24, 2.45) is 0 Å². The molecule has 30 heavy (non-hydrogen) atoms. The highest BCUT2D eigenvalue weighted by molar-refractivity contribution is 7.99. The highest BCUT2D eigenvalue weighted by Crippen LogP contribution is 2.38. The lowest BCUT2D eigenvalue weighted by molar-refractivity contribution is 0.414. The van der Waals surface area contributed by atoms with E-state index < -0.39 is 34.6 Å². The number of hydrogen-bond acceptors (Lipinski definition) is 8. The van der Waals surface area contributed by atoms with Gasteiger partial charge in [0.25, 0.3) is 11.1 Å². The highest BCUT2D eigenvalue weighted by atomic mass is 32.2. The topological polar surface area (TPSA) is 110 Å². The molecule has 0 aliphatic carbocycles. The summed E-state index contributed by atoms with van der Waals surface area (Å²) in [5.74, 6) is -1.42. The fraction of sp³-hybridized carbons (Fsp3) is 0.263.